The lowest BCUT2D eigenvalue weighted by molar-refractivity contribution is 0.0305. The lowest BCUT2D eigenvalue weighted by Gasteiger charge is -2.37. The zero-order valence-corrected chi connectivity index (χ0v) is 11.7. The number of rotatable bonds is 0. The highest BCUT2D eigenvalue weighted by Gasteiger charge is 2.41. The van der Waals surface area contributed by atoms with E-state index in [1.165, 1.54) is 0 Å². The van der Waals surface area contributed by atoms with Gasteiger partial charge in [0.25, 0.3) is 0 Å². The van der Waals surface area contributed by atoms with Crippen LogP contribution in [0.3, 0.4) is 0 Å². The summed E-state index contributed by atoms with van der Waals surface area (Å²) < 4.78 is 6.27. The molecule has 1 atom stereocenters. The Morgan fingerprint density at radius 2 is 2.11 bits per heavy atom. The van der Waals surface area contributed by atoms with Gasteiger partial charge < -0.3 is 9.64 Å². The molecule has 0 bridgehead atoms. The molecule has 3 rings (SSSR count). The number of hydrogen-bond acceptors (Lipinski definition) is 3. The molecule has 0 aromatic heterocycles. The van der Waals surface area contributed by atoms with E-state index in [2.05, 4.69) is 11.9 Å². The van der Waals surface area contributed by atoms with Crippen molar-refractivity contribution in [1.29, 1.82) is 0 Å². The van der Waals surface area contributed by atoms with Gasteiger partial charge in [0.15, 0.2) is 5.78 Å². The third kappa shape index (κ3) is 2.39. The number of carbonyl (C=O) groups excluding carboxylic acids is 1. The Bertz CT molecular complexity index is 511. The summed E-state index contributed by atoms with van der Waals surface area (Å²) in [6.07, 6.45) is 3.57. The van der Waals surface area contributed by atoms with Crippen LogP contribution < -0.4 is 4.74 Å². The van der Waals surface area contributed by atoms with Crippen molar-refractivity contribution in [3.63, 3.8) is 0 Å². The molecular weight excluding hydrogens is 238 g/mol. The summed E-state index contributed by atoms with van der Waals surface area (Å²) in [5, 5.41) is 0. The largest absolute Gasteiger partial charge is 0.486 e. The summed E-state index contributed by atoms with van der Waals surface area (Å²) in [6.45, 7) is 4.12. The minimum atomic E-state index is -0.260. The SMILES string of the molecule is Cc1ccc2c(c1)C(=O)CC1(CCCN(C)CC1)O2. The minimum Gasteiger partial charge on any atom is -0.486 e. The van der Waals surface area contributed by atoms with Gasteiger partial charge in [-0.25, -0.2) is 0 Å². The molecule has 0 amide bonds. The molecular formula is C16H21NO2. The van der Waals surface area contributed by atoms with Gasteiger partial charge in [-0.05, 0) is 45.5 Å². The molecule has 102 valence electrons. The van der Waals surface area contributed by atoms with Crippen LogP contribution in [0.2, 0.25) is 0 Å². The van der Waals surface area contributed by atoms with Crippen molar-refractivity contribution in [2.45, 2.75) is 38.2 Å². The van der Waals surface area contributed by atoms with Gasteiger partial charge in [0.05, 0.1) is 12.0 Å². The number of carbonyl (C=O) groups is 1. The van der Waals surface area contributed by atoms with Gasteiger partial charge >= 0.3 is 0 Å². The lowest BCUT2D eigenvalue weighted by atomic mass is 9.84. The lowest BCUT2D eigenvalue weighted by Crippen LogP contribution is -2.42. The molecule has 0 N–H and O–H groups in total. The number of aryl methyl sites for hydroxylation is 1. The van der Waals surface area contributed by atoms with E-state index in [1.807, 2.05) is 25.1 Å². The predicted octanol–water partition coefficient (Wildman–Crippen LogP) is 2.81. The van der Waals surface area contributed by atoms with Crippen LogP contribution in [0.25, 0.3) is 0 Å². The Labute approximate surface area is 114 Å². The first-order chi connectivity index (χ1) is 9.08. The van der Waals surface area contributed by atoms with Gasteiger partial charge in [-0.1, -0.05) is 11.6 Å². The smallest absolute Gasteiger partial charge is 0.170 e. The number of likely N-dealkylation sites (tertiary alicyclic amines) is 1. The molecule has 1 aromatic rings. The normalized spacial score (nSPS) is 27.8. The first-order valence-electron chi connectivity index (χ1n) is 7.09. The van der Waals surface area contributed by atoms with Crippen LogP contribution in [0.4, 0.5) is 0 Å². The van der Waals surface area contributed by atoms with Gasteiger partial charge in [0.1, 0.15) is 11.4 Å². The van der Waals surface area contributed by atoms with Crippen LogP contribution in [-0.4, -0.2) is 36.4 Å². The highest BCUT2D eigenvalue weighted by Crippen LogP contribution is 2.39. The van der Waals surface area contributed by atoms with Gasteiger partial charge in [-0.2, -0.15) is 0 Å². The molecule has 1 unspecified atom stereocenters. The van der Waals surface area contributed by atoms with Gasteiger partial charge in [-0.3, -0.25) is 4.79 Å². The van der Waals surface area contributed by atoms with E-state index in [0.717, 1.165) is 49.2 Å². The molecule has 0 aliphatic carbocycles. The van der Waals surface area contributed by atoms with E-state index >= 15 is 0 Å². The molecule has 1 spiro atoms. The summed E-state index contributed by atoms with van der Waals surface area (Å²) in [7, 11) is 2.14. The Morgan fingerprint density at radius 3 is 2.95 bits per heavy atom. The maximum Gasteiger partial charge on any atom is 0.170 e. The molecule has 0 radical (unpaired) electrons. The quantitative estimate of drug-likeness (QED) is 0.717. The number of Topliss-reactive ketones (excluding diaryl/α,β-unsaturated/α-hetero) is 1. The van der Waals surface area contributed by atoms with Crippen LogP contribution in [-0.2, 0) is 0 Å². The summed E-state index contributed by atoms with van der Waals surface area (Å²) >= 11 is 0. The molecule has 19 heavy (non-hydrogen) atoms. The van der Waals surface area contributed by atoms with E-state index < -0.39 is 0 Å². The summed E-state index contributed by atoms with van der Waals surface area (Å²) in [6, 6.07) is 5.93. The fourth-order valence-electron chi connectivity index (χ4n) is 3.19. The summed E-state index contributed by atoms with van der Waals surface area (Å²) in [5.74, 6) is 1.03. The number of ether oxygens (including phenoxy) is 1. The second kappa shape index (κ2) is 4.64. The molecule has 3 nitrogen and oxygen atoms in total. The predicted molar refractivity (Wildman–Crippen MR) is 74.8 cm³/mol. The van der Waals surface area contributed by atoms with Crippen LogP contribution in [0, 0.1) is 6.92 Å². The van der Waals surface area contributed by atoms with Crippen LogP contribution >= 0.6 is 0 Å². The highest BCUT2D eigenvalue weighted by atomic mass is 16.5. The van der Waals surface area contributed by atoms with Crippen molar-refractivity contribution < 1.29 is 9.53 Å². The number of benzene rings is 1. The first-order valence-corrected chi connectivity index (χ1v) is 7.09. The van der Waals surface area contributed by atoms with Crippen molar-refractivity contribution in [2.24, 2.45) is 0 Å². The van der Waals surface area contributed by atoms with Crippen molar-refractivity contribution in [1.82, 2.24) is 4.90 Å². The van der Waals surface area contributed by atoms with Crippen molar-refractivity contribution in [2.75, 3.05) is 20.1 Å². The molecule has 2 aliphatic heterocycles. The van der Waals surface area contributed by atoms with Crippen molar-refractivity contribution in [3.8, 4) is 5.75 Å². The standard InChI is InChI=1S/C16H21NO2/c1-12-4-5-15-13(10-12)14(18)11-16(19-15)6-3-8-17(2)9-7-16/h4-5,10H,3,6-9,11H2,1-2H3. The Balaban J connectivity index is 1.91. The zero-order valence-electron chi connectivity index (χ0n) is 11.7. The van der Waals surface area contributed by atoms with Gasteiger partial charge in [-0.15, -0.1) is 0 Å². The molecule has 1 aromatic carbocycles. The number of nitrogens with zero attached hydrogens (tertiary/aromatic N) is 1. The van der Waals surface area contributed by atoms with Crippen molar-refractivity contribution in [3.05, 3.63) is 29.3 Å². The van der Waals surface area contributed by atoms with E-state index in [-0.39, 0.29) is 11.4 Å². The van der Waals surface area contributed by atoms with E-state index in [4.69, 9.17) is 4.74 Å². The fourth-order valence-corrected chi connectivity index (χ4v) is 3.19. The molecule has 0 saturated carbocycles. The number of hydrogen-bond donors (Lipinski definition) is 0. The van der Waals surface area contributed by atoms with E-state index in [9.17, 15) is 4.79 Å². The molecule has 3 heteroatoms. The third-order valence-corrected chi connectivity index (χ3v) is 4.37. The van der Waals surface area contributed by atoms with Crippen LogP contribution in [0.15, 0.2) is 18.2 Å². The molecule has 1 saturated heterocycles. The summed E-state index contributed by atoms with van der Waals surface area (Å²) in [5.41, 5.74) is 1.62. The Morgan fingerprint density at radius 1 is 1.26 bits per heavy atom. The topological polar surface area (TPSA) is 29.5 Å². The summed E-state index contributed by atoms with van der Waals surface area (Å²) in [4.78, 5) is 14.7. The molecule has 1 fully saturated rings. The minimum absolute atomic E-state index is 0.245. The Kier molecular flexibility index (Phi) is 3.09. The van der Waals surface area contributed by atoms with Gasteiger partial charge in [0, 0.05) is 13.0 Å². The monoisotopic (exact) mass is 259 g/mol. The first kappa shape index (κ1) is 12.7. The molecule has 2 heterocycles. The average Bonchev–Trinajstić information content (AvgIpc) is 2.54. The van der Waals surface area contributed by atoms with Gasteiger partial charge in [0.2, 0.25) is 0 Å². The van der Waals surface area contributed by atoms with E-state index in [0.29, 0.717) is 6.42 Å². The molecule has 2 aliphatic rings. The third-order valence-electron chi connectivity index (χ3n) is 4.37. The second-order valence-electron chi connectivity index (χ2n) is 6.04. The van der Waals surface area contributed by atoms with Crippen molar-refractivity contribution >= 4 is 5.78 Å². The number of fused-ring (bicyclic) bond motifs is 1. The maximum absolute atomic E-state index is 12.4. The van der Waals surface area contributed by atoms with Crippen LogP contribution in [0.5, 0.6) is 5.75 Å². The Hall–Kier alpha value is -1.35. The number of ketones is 1. The van der Waals surface area contributed by atoms with E-state index in [1.54, 1.807) is 0 Å². The highest BCUT2D eigenvalue weighted by molar-refractivity contribution is 6.00. The zero-order chi connectivity index (χ0) is 13.5. The second-order valence-corrected chi connectivity index (χ2v) is 6.04. The average molecular weight is 259 g/mol. The maximum atomic E-state index is 12.4. The fraction of sp³-hybridized carbons (Fsp3) is 0.562. The van der Waals surface area contributed by atoms with Crippen LogP contribution in [0.1, 0.15) is 41.6 Å².